The molecule has 0 aromatic heterocycles. The lowest BCUT2D eigenvalue weighted by atomic mass is 10.1. The molecule has 0 saturated heterocycles. The maximum absolute atomic E-state index is 13.0. The molecule has 2 rings (SSSR count). The van der Waals surface area contributed by atoms with Crippen molar-refractivity contribution in [1.29, 1.82) is 0 Å². The molecular weight excluding hydrogens is 277 g/mol. The van der Waals surface area contributed by atoms with Crippen LogP contribution in [0.5, 0.6) is 0 Å². The lowest BCUT2D eigenvalue weighted by Gasteiger charge is -2.13. The maximum Gasteiger partial charge on any atom is 0.123 e. The normalized spacial score (nSPS) is 12.3. The highest BCUT2D eigenvalue weighted by molar-refractivity contribution is 6.31. The van der Waals surface area contributed by atoms with E-state index in [1.165, 1.54) is 12.1 Å². The predicted octanol–water partition coefficient (Wildman–Crippen LogP) is 3.34. The van der Waals surface area contributed by atoms with E-state index in [9.17, 15) is 9.50 Å². The average molecular weight is 294 g/mol. The second-order valence-corrected chi connectivity index (χ2v) is 5.03. The van der Waals surface area contributed by atoms with Crippen molar-refractivity contribution in [1.82, 2.24) is 5.32 Å². The van der Waals surface area contributed by atoms with Gasteiger partial charge in [-0.2, -0.15) is 0 Å². The highest BCUT2D eigenvalue weighted by Gasteiger charge is 2.10. The fraction of sp³-hybridized carbons (Fsp3) is 0.250. The third kappa shape index (κ3) is 4.30. The van der Waals surface area contributed by atoms with Gasteiger partial charge in [0.15, 0.2) is 0 Å². The van der Waals surface area contributed by atoms with Gasteiger partial charge in [0.2, 0.25) is 0 Å². The molecular formula is C16H17ClFNO. The van der Waals surface area contributed by atoms with E-state index < -0.39 is 6.10 Å². The van der Waals surface area contributed by atoms with Crippen molar-refractivity contribution in [3.05, 3.63) is 70.5 Å². The number of hydrogen-bond donors (Lipinski definition) is 2. The molecule has 0 bridgehead atoms. The molecule has 20 heavy (non-hydrogen) atoms. The molecule has 2 nitrogen and oxygen atoms in total. The molecule has 0 aliphatic carbocycles. The van der Waals surface area contributed by atoms with E-state index >= 15 is 0 Å². The van der Waals surface area contributed by atoms with Crippen LogP contribution in [0.2, 0.25) is 5.02 Å². The second kappa shape index (κ2) is 7.39. The number of halogens is 2. The Kier molecular flexibility index (Phi) is 5.53. The Morgan fingerprint density at radius 1 is 1.15 bits per heavy atom. The molecule has 0 saturated carbocycles. The molecule has 0 spiro atoms. The van der Waals surface area contributed by atoms with Crippen LogP contribution in [0.3, 0.4) is 0 Å². The number of hydrogen-bond acceptors (Lipinski definition) is 2. The Balaban J connectivity index is 1.77. The Hall–Kier alpha value is -1.42. The van der Waals surface area contributed by atoms with Crippen LogP contribution in [0.15, 0.2) is 48.5 Å². The van der Waals surface area contributed by atoms with Crippen molar-refractivity contribution < 1.29 is 9.50 Å². The first-order chi connectivity index (χ1) is 9.66. The first kappa shape index (κ1) is 15.0. The Bertz CT molecular complexity index is 562. The van der Waals surface area contributed by atoms with Crippen LogP contribution in [0, 0.1) is 5.82 Å². The monoisotopic (exact) mass is 293 g/mol. The number of benzene rings is 2. The number of rotatable bonds is 6. The maximum atomic E-state index is 13.0. The predicted molar refractivity (Wildman–Crippen MR) is 79.4 cm³/mol. The van der Waals surface area contributed by atoms with Gasteiger partial charge in [-0.25, -0.2) is 4.39 Å². The lowest BCUT2D eigenvalue weighted by Crippen LogP contribution is -2.24. The summed E-state index contributed by atoms with van der Waals surface area (Å²) in [5.74, 6) is -0.224. The fourth-order valence-electron chi connectivity index (χ4n) is 2.02. The summed E-state index contributed by atoms with van der Waals surface area (Å²) in [5, 5.41) is 13.7. The van der Waals surface area contributed by atoms with E-state index in [2.05, 4.69) is 5.32 Å². The minimum absolute atomic E-state index is 0.224. The van der Waals surface area contributed by atoms with Crippen LogP contribution in [0.1, 0.15) is 17.2 Å². The van der Waals surface area contributed by atoms with E-state index in [-0.39, 0.29) is 5.82 Å². The third-order valence-corrected chi connectivity index (χ3v) is 3.43. The van der Waals surface area contributed by atoms with E-state index in [1.54, 1.807) is 18.2 Å². The van der Waals surface area contributed by atoms with Crippen LogP contribution >= 0.6 is 11.6 Å². The van der Waals surface area contributed by atoms with E-state index in [0.29, 0.717) is 30.1 Å². The van der Waals surface area contributed by atoms with Crippen LogP contribution in [-0.4, -0.2) is 18.2 Å². The van der Waals surface area contributed by atoms with E-state index in [1.807, 2.05) is 18.2 Å². The van der Waals surface area contributed by atoms with Gasteiger partial charge in [0.1, 0.15) is 5.82 Å². The highest BCUT2D eigenvalue weighted by atomic mass is 35.5. The SMILES string of the molecule is OC(CNCCc1cccc(F)c1)c1ccccc1Cl. The van der Waals surface area contributed by atoms with Crippen molar-refractivity contribution in [2.24, 2.45) is 0 Å². The van der Waals surface area contributed by atoms with E-state index in [4.69, 9.17) is 11.6 Å². The largest absolute Gasteiger partial charge is 0.387 e. The molecule has 0 aliphatic heterocycles. The summed E-state index contributed by atoms with van der Waals surface area (Å²) in [7, 11) is 0. The molecule has 4 heteroatoms. The molecule has 0 radical (unpaired) electrons. The standard InChI is InChI=1S/C16H17ClFNO/c17-15-7-2-1-6-14(15)16(20)11-19-9-8-12-4-3-5-13(18)10-12/h1-7,10,16,19-20H,8-9,11H2. The summed E-state index contributed by atoms with van der Waals surface area (Å²) < 4.78 is 13.0. The van der Waals surface area contributed by atoms with Gasteiger partial charge in [0.05, 0.1) is 6.10 Å². The Morgan fingerprint density at radius 3 is 2.70 bits per heavy atom. The van der Waals surface area contributed by atoms with Gasteiger partial charge >= 0.3 is 0 Å². The van der Waals surface area contributed by atoms with Gasteiger partial charge in [-0.1, -0.05) is 41.9 Å². The van der Waals surface area contributed by atoms with E-state index in [0.717, 1.165) is 5.56 Å². The number of aliphatic hydroxyl groups excluding tert-OH is 1. The molecule has 106 valence electrons. The van der Waals surface area contributed by atoms with Crippen molar-refractivity contribution in [3.63, 3.8) is 0 Å². The number of nitrogens with one attached hydrogen (secondary N) is 1. The molecule has 1 unspecified atom stereocenters. The van der Waals surface area contributed by atoms with Crippen LogP contribution in [0.4, 0.5) is 4.39 Å². The molecule has 0 aliphatic rings. The topological polar surface area (TPSA) is 32.3 Å². The van der Waals surface area contributed by atoms with Crippen molar-refractivity contribution in [2.75, 3.05) is 13.1 Å². The molecule has 0 amide bonds. The Morgan fingerprint density at radius 2 is 1.95 bits per heavy atom. The minimum Gasteiger partial charge on any atom is -0.387 e. The molecule has 2 aromatic rings. The summed E-state index contributed by atoms with van der Waals surface area (Å²) in [5.41, 5.74) is 1.65. The zero-order valence-corrected chi connectivity index (χ0v) is 11.8. The summed E-state index contributed by atoms with van der Waals surface area (Å²) in [6.07, 6.45) is 0.0729. The summed E-state index contributed by atoms with van der Waals surface area (Å²) in [6.45, 7) is 1.09. The van der Waals surface area contributed by atoms with Gasteiger partial charge in [-0.15, -0.1) is 0 Å². The third-order valence-electron chi connectivity index (χ3n) is 3.08. The molecule has 2 N–H and O–H groups in total. The minimum atomic E-state index is -0.642. The molecule has 0 fully saturated rings. The van der Waals surface area contributed by atoms with Gasteiger partial charge in [0.25, 0.3) is 0 Å². The van der Waals surface area contributed by atoms with Crippen LogP contribution in [0.25, 0.3) is 0 Å². The van der Waals surface area contributed by atoms with Crippen molar-refractivity contribution >= 4 is 11.6 Å². The smallest absolute Gasteiger partial charge is 0.123 e. The first-order valence-corrected chi connectivity index (χ1v) is 6.92. The van der Waals surface area contributed by atoms with Gasteiger partial charge in [-0.3, -0.25) is 0 Å². The lowest BCUT2D eigenvalue weighted by molar-refractivity contribution is 0.175. The van der Waals surface area contributed by atoms with Gasteiger partial charge in [-0.05, 0) is 36.7 Å². The fourth-order valence-corrected chi connectivity index (χ4v) is 2.28. The van der Waals surface area contributed by atoms with Crippen molar-refractivity contribution in [2.45, 2.75) is 12.5 Å². The number of aliphatic hydroxyl groups is 1. The zero-order chi connectivity index (χ0) is 14.4. The van der Waals surface area contributed by atoms with Crippen LogP contribution in [-0.2, 0) is 6.42 Å². The van der Waals surface area contributed by atoms with Gasteiger partial charge < -0.3 is 10.4 Å². The van der Waals surface area contributed by atoms with Crippen molar-refractivity contribution in [3.8, 4) is 0 Å². The second-order valence-electron chi connectivity index (χ2n) is 4.62. The average Bonchev–Trinajstić information content (AvgIpc) is 2.44. The summed E-state index contributed by atoms with van der Waals surface area (Å²) >= 11 is 6.02. The molecule has 2 aromatic carbocycles. The Labute approximate surface area is 123 Å². The quantitative estimate of drug-likeness (QED) is 0.801. The highest BCUT2D eigenvalue weighted by Crippen LogP contribution is 2.21. The molecule has 0 heterocycles. The summed E-state index contributed by atoms with van der Waals surface area (Å²) in [6, 6.07) is 13.8. The first-order valence-electron chi connectivity index (χ1n) is 6.54. The van der Waals surface area contributed by atoms with Crippen LogP contribution < -0.4 is 5.32 Å². The summed E-state index contributed by atoms with van der Waals surface area (Å²) in [4.78, 5) is 0. The van der Waals surface area contributed by atoms with Gasteiger partial charge in [0, 0.05) is 17.1 Å². The molecule has 1 atom stereocenters. The zero-order valence-electron chi connectivity index (χ0n) is 11.0.